The minimum atomic E-state index is -5.08. The van der Waals surface area contributed by atoms with Crippen LogP contribution >= 0.6 is 11.3 Å². The second-order valence-electron chi connectivity index (χ2n) is 7.13. The maximum Gasteiger partial charge on any atom is 0.490 e. The van der Waals surface area contributed by atoms with Crippen molar-refractivity contribution in [1.82, 2.24) is 14.7 Å². The number of halogens is 3. The van der Waals surface area contributed by atoms with Crippen LogP contribution in [0.4, 0.5) is 13.2 Å². The summed E-state index contributed by atoms with van der Waals surface area (Å²) in [6, 6.07) is 4.46. The van der Waals surface area contributed by atoms with Gasteiger partial charge in [-0.2, -0.15) is 18.3 Å². The first-order chi connectivity index (χ1) is 13.5. The van der Waals surface area contributed by atoms with Crippen molar-refractivity contribution in [2.75, 3.05) is 6.54 Å². The second-order valence-corrected chi connectivity index (χ2v) is 8.50. The number of nitrogens with zero attached hydrogens (tertiary/aromatic N) is 3. The second kappa shape index (κ2) is 9.73. The number of carboxylic acids is 1. The molecule has 6 nitrogen and oxygen atoms in total. The molecule has 0 unspecified atom stereocenters. The Morgan fingerprint density at radius 1 is 1.38 bits per heavy atom. The van der Waals surface area contributed by atoms with E-state index in [4.69, 9.17) is 14.6 Å². The highest BCUT2D eigenvalue weighted by molar-refractivity contribution is 7.11. The Labute approximate surface area is 171 Å². The van der Waals surface area contributed by atoms with Gasteiger partial charge in [0.15, 0.2) is 0 Å². The number of carbonyl (C=O) groups is 1. The summed E-state index contributed by atoms with van der Waals surface area (Å²) in [6.07, 6.45) is -3.76. The standard InChI is InChI=1S/C17H25N3OS.C2HF3O2/c1-12(2)21-11-16-15-7-8-20(10-17(15)19(4)18-16)9-14-6-5-13(3)22-14;3-2(4,5)1(6)7/h5-6,12H,7-11H2,1-4H3;(H,6,7). The van der Waals surface area contributed by atoms with Gasteiger partial charge < -0.3 is 9.84 Å². The minimum absolute atomic E-state index is 0.250. The molecule has 1 N–H and O–H groups in total. The molecule has 1 aliphatic rings. The van der Waals surface area contributed by atoms with Crippen LogP contribution in [0, 0.1) is 6.92 Å². The van der Waals surface area contributed by atoms with Crippen LogP contribution in [0.3, 0.4) is 0 Å². The number of ether oxygens (including phenoxy) is 1. The van der Waals surface area contributed by atoms with Crippen LogP contribution in [0.5, 0.6) is 0 Å². The molecule has 0 spiro atoms. The number of alkyl halides is 3. The smallest absolute Gasteiger partial charge is 0.475 e. The zero-order valence-corrected chi connectivity index (χ0v) is 17.7. The van der Waals surface area contributed by atoms with Gasteiger partial charge in [0.2, 0.25) is 0 Å². The van der Waals surface area contributed by atoms with Gasteiger partial charge in [0, 0.05) is 42.0 Å². The zero-order valence-electron chi connectivity index (χ0n) is 16.9. The van der Waals surface area contributed by atoms with E-state index < -0.39 is 12.1 Å². The highest BCUT2D eigenvalue weighted by atomic mass is 32.1. The van der Waals surface area contributed by atoms with E-state index in [2.05, 4.69) is 50.0 Å². The number of hydrogen-bond donors (Lipinski definition) is 1. The summed E-state index contributed by atoms with van der Waals surface area (Å²) in [4.78, 5) is 14.3. The summed E-state index contributed by atoms with van der Waals surface area (Å²) >= 11 is 1.90. The lowest BCUT2D eigenvalue weighted by atomic mass is 10.0. The molecule has 2 aromatic heterocycles. The van der Waals surface area contributed by atoms with Crippen molar-refractivity contribution in [2.24, 2.45) is 7.05 Å². The van der Waals surface area contributed by atoms with Gasteiger partial charge in [-0.25, -0.2) is 4.79 Å². The van der Waals surface area contributed by atoms with Gasteiger partial charge in [-0.15, -0.1) is 11.3 Å². The molecule has 0 fully saturated rings. The van der Waals surface area contributed by atoms with E-state index in [1.807, 2.05) is 16.0 Å². The summed E-state index contributed by atoms with van der Waals surface area (Å²) < 4.78 is 39.5. The molecule has 0 saturated heterocycles. The molecule has 1 aliphatic heterocycles. The average Bonchev–Trinajstić information content (AvgIpc) is 3.16. The third-order valence-corrected chi connectivity index (χ3v) is 5.37. The Hall–Kier alpha value is -1.91. The molecule has 3 rings (SSSR count). The van der Waals surface area contributed by atoms with Gasteiger partial charge in [-0.1, -0.05) is 0 Å². The summed E-state index contributed by atoms with van der Waals surface area (Å²) in [6.45, 7) is 10.1. The molecule has 29 heavy (non-hydrogen) atoms. The third kappa shape index (κ3) is 6.83. The van der Waals surface area contributed by atoms with E-state index in [-0.39, 0.29) is 6.10 Å². The Bertz CT molecular complexity index is 831. The van der Waals surface area contributed by atoms with E-state index in [0.29, 0.717) is 6.61 Å². The number of thiophene rings is 1. The van der Waals surface area contributed by atoms with Crippen LogP contribution in [0.2, 0.25) is 0 Å². The molecule has 10 heteroatoms. The molecule has 0 atom stereocenters. The molecule has 0 aliphatic carbocycles. The maximum atomic E-state index is 10.6. The predicted molar refractivity (Wildman–Crippen MR) is 104 cm³/mol. The van der Waals surface area contributed by atoms with Crippen molar-refractivity contribution in [3.8, 4) is 0 Å². The van der Waals surface area contributed by atoms with Gasteiger partial charge in [-0.3, -0.25) is 9.58 Å². The van der Waals surface area contributed by atoms with Crippen molar-refractivity contribution in [3.05, 3.63) is 38.8 Å². The molecule has 2 aromatic rings. The molecular formula is C19H26F3N3O3S. The van der Waals surface area contributed by atoms with Crippen molar-refractivity contribution in [2.45, 2.75) is 59.2 Å². The highest BCUT2D eigenvalue weighted by Crippen LogP contribution is 2.25. The topological polar surface area (TPSA) is 67.6 Å². The van der Waals surface area contributed by atoms with E-state index >= 15 is 0 Å². The Kier molecular flexibility index (Phi) is 7.84. The number of rotatable bonds is 5. The lowest BCUT2D eigenvalue weighted by Crippen LogP contribution is -2.30. The summed E-state index contributed by atoms with van der Waals surface area (Å²) in [5, 5.41) is 11.8. The van der Waals surface area contributed by atoms with Crippen LogP contribution in [-0.4, -0.2) is 44.6 Å². The third-order valence-electron chi connectivity index (χ3n) is 4.38. The largest absolute Gasteiger partial charge is 0.490 e. The Balaban J connectivity index is 0.000000370. The van der Waals surface area contributed by atoms with Gasteiger partial charge >= 0.3 is 12.1 Å². The van der Waals surface area contributed by atoms with E-state index in [1.165, 1.54) is 21.0 Å². The SMILES string of the molecule is Cc1ccc(CN2CCc3c(COC(C)C)nn(C)c3C2)s1.O=C(O)C(F)(F)F. The van der Waals surface area contributed by atoms with Gasteiger partial charge in [-0.05, 0) is 39.3 Å². The quantitative estimate of drug-likeness (QED) is 0.775. The first kappa shape index (κ1) is 23.4. The number of aromatic nitrogens is 2. The lowest BCUT2D eigenvalue weighted by molar-refractivity contribution is -0.192. The van der Waals surface area contributed by atoms with E-state index in [0.717, 1.165) is 31.7 Å². The Morgan fingerprint density at radius 3 is 2.55 bits per heavy atom. The van der Waals surface area contributed by atoms with E-state index in [9.17, 15) is 13.2 Å². The van der Waals surface area contributed by atoms with E-state index in [1.54, 1.807) is 0 Å². The zero-order chi connectivity index (χ0) is 21.8. The van der Waals surface area contributed by atoms with Gasteiger partial charge in [0.1, 0.15) is 0 Å². The van der Waals surface area contributed by atoms with Crippen LogP contribution in [0.15, 0.2) is 12.1 Å². The number of aryl methyl sites for hydroxylation is 2. The first-order valence-electron chi connectivity index (χ1n) is 9.20. The normalized spacial score (nSPS) is 14.5. The van der Waals surface area contributed by atoms with Crippen LogP contribution in [0.25, 0.3) is 0 Å². The molecule has 0 bridgehead atoms. The fourth-order valence-corrected chi connectivity index (χ4v) is 3.93. The van der Waals surface area contributed by atoms with Crippen LogP contribution in [-0.2, 0) is 42.7 Å². The first-order valence-corrected chi connectivity index (χ1v) is 10.0. The van der Waals surface area contributed by atoms with Crippen LogP contribution < -0.4 is 0 Å². The molecule has 3 heterocycles. The number of fused-ring (bicyclic) bond motifs is 1. The summed E-state index contributed by atoms with van der Waals surface area (Å²) in [5.41, 5.74) is 3.88. The monoisotopic (exact) mass is 433 g/mol. The fraction of sp³-hybridized carbons (Fsp3) is 0.579. The average molecular weight is 433 g/mol. The maximum absolute atomic E-state index is 10.6. The molecule has 0 aromatic carbocycles. The summed E-state index contributed by atoms with van der Waals surface area (Å²) in [7, 11) is 2.05. The van der Waals surface area contributed by atoms with Crippen molar-refractivity contribution in [3.63, 3.8) is 0 Å². The van der Waals surface area contributed by atoms with Crippen molar-refractivity contribution >= 4 is 17.3 Å². The molecule has 0 radical (unpaired) electrons. The molecule has 0 amide bonds. The van der Waals surface area contributed by atoms with Gasteiger partial charge in [0.05, 0.1) is 24.1 Å². The predicted octanol–water partition coefficient (Wildman–Crippen LogP) is 3.91. The fourth-order valence-electron chi connectivity index (χ4n) is 3.00. The number of hydrogen-bond acceptors (Lipinski definition) is 5. The summed E-state index contributed by atoms with van der Waals surface area (Å²) in [5.74, 6) is -2.76. The number of carboxylic acid groups (broad SMARTS) is 1. The molecule has 162 valence electrons. The molecule has 0 saturated carbocycles. The van der Waals surface area contributed by atoms with Crippen molar-refractivity contribution in [1.29, 1.82) is 0 Å². The molecular weight excluding hydrogens is 407 g/mol. The minimum Gasteiger partial charge on any atom is -0.475 e. The Morgan fingerprint density at radius 2 is 2.03 bits per heavy atom. The lowest BCUT2D eigenvalue weighted by Gasteiger charge is -2.27. The highest BCUT2D eigenvalue weighted by Gasteiger charge is 2.38. The van der Waals surface area contributed by atoms with Gasteiger partial charge in [0.25, 0.3) is 0 Å². The van der Waals surface area contributed by atoms with Crippen LogP contribution in [0.1, 0.15) is 40.6 Å². The van der Waals surface area contributed by atoms with Crippen molar-refractivity contribution < 1.29 is 27.8 Å². The number of aliphatic carboxylic acids is 1.